The van der Waals surface area contributed by atoms with Crippen LogP contribution in [0.3, 0.4) is 0 Å². The van der Waals surface area contributed by atoms with Gasteiger partial charge in [-0.2, -0.15) is 0 Å². The van der Waals surface area contributed by atoms with E-state index >= 15 is 0 Å². The van der Waals surface area contributed by atoms with Crippen molar-refractivity contribution in [2.75, 3.05) is 0 Å². The summed E-state index contributed by atoms with van der Waals surface area (Å²) < 4.78 is 0. The van der Waals surface area contributed by atoms with Gasteiger partial charge in [-0.3, -0.25) is 0 Å². The molecule has 0 aromatic carbocycles. The van der Waals surface area contributed by atoms with Crippen molar-refractivity contribution in [3.63, 3.8) is 0 Å². The molecule has 0 N–H and O–H groups in total. The molecule has 0 saturated heterocycles. The Kier molecular flexibility index (Phi) is 1510. The van der Waals surface area contributed by atoms with Crippen LogP contribution in [-0.2, 0) is 0 Å². The minimum absolute atomic E-state index is 0. The summed E-state index contributed by atoms with van der Waals surface area (Å²) in [5.74, 6) is 0. The van der Waals surface area contributed by atoms with Gasteiger partial charge in [-0.05, 0) is 0 Å². The Morgan fingerprint density at radius 3 is 0.0357 bits per heavy atom. The summed E-state index contributed by atoms with van der Waals surface area (Å²) in [6.45, 7) is 0. The molecule has 0 aliphatic heterocycles. The van der Waals surface area contributed by atoms with Crippen molar-refractivity contribution in [2.45, 2.75) is 0 Å². The van der Waals surface area contributed by atoms with Crippen molar-refractivity contribution in [1.82, 2.24) is 0 Å². The van der Waals surface area contributed by atoms with Crippen LogP contribution in [0, 0.1) is 871 Å². The quantitative estimate of drug-likeness (QED) is 0.321. The van der Waals surface area contributed by atoms with E-state index in [0.29, 0.717) is 0 Å². The van der Waals surface area contributed by atoms with Gasteiger partial charge in [-0.25, -0.2) is 0 Å². The van der Waals surface area contributed by atoms with Crippen LogP contribution in [0.4, 0.5) is 0 Å². The molecule has 0 fully saturated rings. The molecule has 0 bridgehead atoms. The molecule has 0 heterocycles. The van der Waals surface area contributed by atoms with Gasteiger partial charge in [0.25, 0.3) is 0 Å². The standard InChI is InChI=1S/28U. The van der Waals surface area contributed by atoms with Crippen LogP contribution in [0.5, 0.6) is 0 Å². The molecule has 0 aliphatic carbocycles. The van der Waals surface area contributed by atoms with Crippen LogP contribution in [0.25, 0.3) is 0 Å². The summed E-state index contributed by atoms with van der Waals surface area (Å²) in [6.07, 6.45) is 0. The van der Waals surface area contributed by atoms with Crippen molar-refractivity contribution >= 4 is 0 Å². The Labute approximate surface area is 838 Å². The number of hydrogen-bond donors (Lipinski definition) is 0. The predicted octanol–water partition coefficient (Wildman–Crippen LogP) is 0. The topological polar surface area (TPSA) is 0 Å². The molecular formula is U28. The second-order valence-corrected chi connectivity index (χ2v) is 0. The summed E-state index contributed by atoms with van der Waals surface area (Å²) in [5, 5.41) is 0. The Bertz CT molecular complexity index is 0. The van der Waals surface area contributed by atoms with E-state index in [1.54, 1.807) is 0 Å². The van der Waals surface area contributed by atoms with Crippen molar-refractivity contribution in [3.8, 4) is 0 Å². The average Bonchev–Trinajstić information content (AvgIpc) is 0. The van der Waals surface area contributed by atoms with E-state index < -0.39 is 0 Å². The van der Waals surface area contributed by atoms with Gasteiger partial charge < -0.3 is 0 Å². The molecule has 0 atom stereocenters. The average molecular weight is 6660 g/mol. The van der Waals surface area contributed by atoms with Gasteiger partial charge in [-0.15, -0.1) is 0 Å². The Hall–Kier alpha value is 29.5. The molecule has 0 nitrogen and oxygen atoms in total. The van der Waals surface area contributed by atoms with Crippen molar-refractivity contribution < 1.29 is 871 Å². The smallest absolute Gasteiger partial charge is 0 e. The third-order valence-corrected chi connectivity index (χ3v) is 0. The van der Waals surface area contributed by atoms with E-state index in [0.717, 1.165) is 0 Å². The Morgan fingerprint density at radius 1 is 0.0357 bits per heavy atom. The molecule has 0 unspecified atom stereocenters. The minimum Gasteiger partial charge on any atom is 0 e. The minimum atomic E-state index is 0. The molecule has 28 heteroatoms. The van der Waals surface area contributed by atoms with Crippen molar-refractivity contribution in [3.05, 3.63) is 0 Å². The molecule has 0 amide bonds. The SMILES string of the molecule is [U].[U].[U].[U].[U].[U].[U].[U].[U].[U].[U].[U].[U].[U].[U].[U].[U].[U].[U].[U].[U].[U].[U].[U].[U].[U].[U].[U]. The van der Waals surface area contributed by atoms with Gasteiger partial charge >= 0.3 is 0 Å². The molecule has 0 saturated carbocycles. The van der Waals surface area contributed by atoms with Crippen LogP contribution < -0.4 is 0 Å². The molecule has 0 spiro atoms. The van der Waals surface area contributed by atoms with E-state index in [1.165, 1.54) is 0 Å². The number of rotatable bonds is 0. The van der Waals surface area contributed by atoms with E-state index in [9.17, 15) is 0 Å². The van der Waals surface area contributed by atoms with Crippen LogP contribution >= 0.6 is 0 Å². The van der Waals surface area contributed by atoms with Gasteiger partial charge in [0.1, 0.15) is 0 Å². The maximum absolute atomic E-state index is 0. The Morgan fingerprint density at radius 2 is 0.0357 bits per heavy atom. The fourth-order valence-electron chi connectivity index (χ4n) is 0. The van der Waals surface area contributed by atoms with E-state index in [1.807, 2.05) is 0 Å². The molecule has 0 rings (SSSR count). The monoisotopic (exact) mass is 6670 g/mol. The normalized spacial score (nSPS) is 0. The molecule has 0 aromatic heterocycles. The van der Waals surface area contributed by atoms with E-state index in [2.05, 4.69) is 0 Å². The summed E-state index contributed by atoms with van der Waals surface area (Å²) in [5.41, 5.74) is 0. The van der Waals surface area contributed by atoms with Crippen LogP contribution in [0.2, 0.25) is 0 Å². The molecule has 0 aromatic rings. The first-order chi connectivity index (χ1) is 0. The fourth-order valence-corrected chi connectivity index (χ4v) is 0. The van der Waals surface area contributed by atoms with E-state index in [-0.39, 0.29) is 871 Å². The summed E-state index contributed by atoms with van der Waals surface area (Å²) in [7, 11) is 0. The van der Waals surface area contributed by atoms with Gasteiger partial charge in [0.2, 0.25) is 0 Å². The first-order valence-corrected chi connectivity index (χ1v) is 0. The first kappa shape index (κ1) is 211. The number of hydrogen-bond acceptors (Lipinski definition) is 0. The maximum Gasteiger partial charge on any atom is 0 e. The zero-order chi connectivity index (χ0) is 0. The molecule has 0 aliphatic rings. The maximum atomic E-state index is 0. The van der Waals surface area contributed by atoms with Crippen LogP contribution in [0.15, 0.2) is 0 Å². The third-order valence-electron chi connectivity index (χ3n) is 0. The summed E-state index contributed by atoms with van der Waals surface area (Å²) in [6, 6.07) is 0. The zero-order valence-electron chi connectivity index (χ0n) is 14.0. The van der Waals surface area contributed by atoms with Gasteiger partial charge in [0.15, 0.2) is 0 Å². The van der Waals surface area contributed by atoms with E-state index in [4.69, 9.17) is 0 Å². The fraction of sp³-hybridized carbons (Fsp3) is 0. The molecule has 0 radical (unpaired) electrons. The summed E-state index contributed by atoms with van der Waals surface area (Å²) >= 11 is 0. The van der Waals surface area contributed by atoms with Crippen LogP contribution in [0.1, 0.15) is 0 Å². The van der Waals surface area contributed by atoms with Crippen LogP contribution in [-0.4, -0.2) is 0 Å². The summed E-state index contributed by atoms with van der Waals surface area (Å²) in [4.78, 5) is 0. The molecule has 28 heavy (non-hydrogen) atoms. The van der Waals surface area contributed by atoms with Gasteiger partial charge in [0.05, 0.1) is 0 Å². The largest absolute Gasteiger partial charge is 0 e. The third kappa shape index (κ3) is 190. The second-order valence-electron chi connectivity index (χ2n) is 0. The molecular weight excluding hydrogens is 6660 g/mol. The predicted molar refractivity (Wildman–Crippen MR) is 0 cm³/mol. The first-order valence-electron chi connectivity index (χ1n) is 0. The van der Waals surface area contributed by atoms with Gasteiger partial charge in [-0.1, -0.05) is 0 Å². The Balaban J connectivity index is 0. The zero-order valence-corrected chi connectivity index (χ0v) is 131. The molecule has 112 valence electrons. The second kappa shape index (κ2) is 200. The van der Waals surface area contributed by atoms with Gasteiger partial charge in [0, 0.05) is 871 Å². The van der Waals surface area contributed by atoms with Crippen molar-refractivity contribution in [1.29, 1.82) is 0 Å². The van der Waals surface area contributed by atoms with Crippen molar-refractivity contribution in [2.24, 2.45) is 0 Å².